The van der Waals surface area contributed by atoms with Crippen molar-refractivity contribution in [2.45, 2.75) is 45.7 Å². The molecule has 0 spiro atoms. The van der Waals surface area contributed by atoms with Crippen LogP contribution in [-0.4, -0.2) is 36.5 Å². The van der Waals surface area contributed by atoms with Gasteiger partial charge in [-0.2, -0.15) is 0 Å². The van der Waals surface area contributed by atoms with E-state index in [1.54, 1.807) is 6.92 Å². The van der Waals surface area contributed by atoms with Crippen molar-refractivity contribution < 1.29 is 9.59 Å². The molecule has 5 heteroatoms. The van der Waals surface area contributed by atoms with Crippen molar-refractivity contribution in [2.75, 3.05) is 13.1 Å². The van der Waals surface area contributed by atoms with Gasteiger partial charge in [-0.3, -0.25) is 9.59 Å². The molecule has 0 aromatic carbocycles. The third-order valence-corrected chi connectivity index (χ3v) is 2.61. The van der Waals surface area contributed by atoms with Crippen LogP contribution < -0.4 is 16.0 Å². The van der Waals surface area contributed by atoms with Gasteiger partial charge in [-0.25, -0.2) is 0 Å². The minimum absolute atomic E-state index is 0.0481. The number of carbonyl (C=O) groups excluding carboxylic acids is 2. The Hall–Kier alpha value is -1.10. The molecule has 1 aliphatic heterocycles. The van der Waals surface area contributed by atoms with Gasteiger partial charge in [0.25, 0.3) is 0 Å². The second kappa shape index (κ2) is 5.49. The third-order valence-electron chi connectivity index (χ3n) is 2.61. The number of rotatable bonds is 4. The van der Waals surface area contributed by atoms with Gasteiger partial charge in [0, 0.05) is 12.0 Å². The topological polar surface area (TPSA) is 70.2 Å². The summed E-state index contributed by atoms with van der Waals surface area (Å²) >= 11 is 0. The van der Waals surface area contributed by atoms with Gasteiger partial charge in [-0.15, -0.1) is 0 Å². The van der Waals surface area contributed by atoms with Gasteiger partial charge in [0.15, 0.2) is 0 Å². The highest BCUT2D eigenvalue weighted by atomic mass is 16.2. The van der Waals surface area contributed by atoms with E-state index in [2.05, 4.69) is 16.0 Å². The van der Waals surface area contributed by atoms with E-state index in [4.69, 9.17) is 0 Å². The Balaban J connectivity index is 2.29. The zero-order chi connectivity index (χ0) is 13.1. The summed E-state index contributed by atoms with van der Waals surface area (Å²) in [4.78, 5) is 23.3. The van der Waals surface area contributed by atoms with Crippen LogP contribution >= 0.6 is 0 Å². The van der Waals surface area contributed by atoms with Gasteiger partial charge in [0.1, 0.15) is 6.04 Å². The fourth-order valence-corrected chi connectivity index (χ4v) is 1.60. The molecule has 1 unspecified atom stereocenters. The van der Waals surface area contributed by atoms with Crippen LogP contribution in [0.4, 0.5) is 0 Å². The molecule has 0 aliphatic carbocycles. The van der Waals surface area contributed by atoms with Gasteiger partial charge in [-0.05, 0) is 46.7 Å². The molecule has 0 saturated carbocycles. The van der Waals surface area contributed by atoms with Crippen LogP contribution in [0.5, 0.6) is 0 Å². The second-order valence-corrected chi connectivity index (χ2v) is 5.76. The lowest BCUT2D eigenvalue weighted by Crippen LogP contribution is -2.52. The first-order valence-corrected chi connectivity index (χ1v) is 6.10. The van der Waals surface area contributed by atoms with Gasteiger partial charge >= 0.3 is 0 Å². The lowest BCUT2D eigenvalue weighted by Gasteiger charge is -2.27. The third kappa shape index (κ3) is 5.17. The summed E-state index contributed by atoms with van der Waals surface area (Å²) in [6.45, 7) is 9.25. The number of nitrogens with one attached hydrogen (secondary N) is 3. The van der Waals surface area contributed by atoms with Crippen LogP contribution in [0.1, 0.15) is 34.1 Å². The van der Waals surface area contributed by atoms with Gasteiger partial charge in [0.05, 0.1) is 0 Å². The first-order valence-electron chi connectivity index (χ1n) is 6.10. The Morgan fingerprint density at radius 2 is 1.94 bits per heavy atom. The van der Waals surface area contributed by atoms with Crippen molar-refractivity contribution in [3.63, 3.8) is 0 Å². The van der Waals surface area contributed by atoms with E-state index in [0.29, 0.717) is 12.3 Å². The molecule has 1 fully saturated rings. The second-order valence-electron chi connectivity index (χ2n) is 5.76. The lowest BCUT2D eigenvalue weighted by atomic mass is 9.99. The van der Waals surface area contributed by atoms with Crippen molar-refractivity contribution in [1.29, 1.82) is 0 Å². The van der Waals surface area contributed by atoms with Gasteiger partial charge < -0.3 is 16.0 Å². The lowest BCUT2D eigenvalue weighted by molar-refractivity contribution is -0.130. The van der Waals surface area contributed by atoms with E-state index < -0.39 is 6.04 Å². The van der Waals surface area contributed by atoms with Crippen LogP contribution in [0.15, 0.2) is 0 Å². The Morgan fingerprint density at radius 3 is 2.35 bits per heavy atom. The molecule has 1 saturated heterocycles. The average Bonchev–Trinajstić information content (AvgIpc) is 2.08. The quantitative estimate of drug-likeness (QED) is 0.649. The summed E-state index contributed by atoms with van der Waals surface area (Å²) < 4.78 is 0. The highest BCUT2D eigenvalue weighted by molar-refractivity contribution is 5.87. The molecule has 0 aromatic rings. The van der Waals surface area contributed by atoms with Gasteiger partial charge in [-0.1, -0.05) is 0 Å². The molecule has 3 N–H and O–H groups in total. The molecule has 1 aliphatic rings. The zero-order valence-electron chi connectivity index (χ0n) is 11.1. The first kappa shape index (κ1) is 14.0. The summed E-state index contributed by atoms with van der Waals surface area (Å²) in [5, 5.41) is 8.68. The molecule has 1 rings (SSSR count). The highest BCUT2D eigenvalue weighted by Gasteiger charge is 2.24. The Kier molecular flexibility index (Phi) is 4.51. The van der Waals surface area contributed by atoms with Gasteiger partial charge in [0.2, 0.25) is 11.8 Å². The predicted molar refractivity (Wildman–Crippen MR) is 66.5 cm³/mol. The fraction of sp³-hybridized carbons (Fsp3) is 0.833. The number of amides is 2. The van der Waals surface area contributed by atoms with Crippen LogP contribution in [-0.2, 0) is 9.59 Å². The van der Waals surface area contributed by atoms with E-state index in [9.17, 15) is 9.59 Å². The van der Waals surface area contributed by atoms with Crippen molar-refractivity contribution in [2.24, 2.45) is 5.92 Å². The van der Waals surface area contributed by atoms with Crippen LogP contribution in [0, 0.1) is 5.92 Å². The minimum atomic E-state index is -0.477. The maximum absolute atomic E-state index is 11.7. The van der Waals surface area contributed by atoms with Crippen LogP contribution in [0.25, 0.3) is 0 Å². The first-order chi connectivity index (χ1) is 7.78. The summed E-state index contributed by atoms with van der Waals surface area (Å²) in [7, 11) is 0. The number of carbonyl (C=O) groups is 2. The molecule has 2 amide bonds. The zero-order valence-corrected chi connectivity index (χ0v) is 11.1. The maximum atomic E-state index is 11.7. The molecular weight excluding hydrogens is 218 g/mol. The fourth-order valence-electron chi connectivity index (χ4n) is 1.60. The molecule has 0 bridgehead atoms. The normalized spacial score (nSPS) is 18.1. The van der Waals surface area contributed by atoms with Crippen molar-refractivity contribution >= 4 is 11.8 Å². The standard InChI is InChI=1S/C12H23N3O2/c1-8(11(17)15-12(2,3)4)14-10(16)5-9-6-13-7-9/h8-9,13H,5-7H2,1-4H3,(H,14,16)(H,15,17). The smallest absolute Gasteiger partial charge is 0.242 e. The summed E-state index contributed by atoms with van der Waals surface area (Å²) in [5.41, 5.74) is -0.270. The van der Waals surface area contributed by atoms with E-state index in [0.717, 1.165) is 13.1 Å². The molecule has 5 nitrogen and oxygen atoms in total. The Bertz CT molecular complexity index is 293. The molecule has 17 heavy (non-hydrogen) atoms. The maximum Gasteiger partial charge on any atom is 0.242 e. The molecule has 98 valence electrons. The summed E-state index contributed by atoms with van der Waals surface area (Å²) in [6.07, 6.45) is 0.500. The van der Waals surface area contributed by atoms with Crippen LogP contribution in [0.2, 0.25) is 0 Å². The van der Waals surface area contributed by atoms with E-state index in [1.165, 1.54) is 0 Å². The minimum Gasteiger partial charge on any atom is -0.350 e. The van der Waals surface area contributed by atoms with Crippen LogP contribution in [0.3, 0.4) is 0 Å². The molecule has 1 atom stereocenters. The Morgan fingerprint density at radius 1 is 1.35 bits per heavy atom. The molecule has 1 heterocycles. The van der Waals surface area contributed by atoms with E-state index in [-0.39, 0.29) is 17.4 Å². The van der Waals surface area contributed by atoms with Crippen molar-refractivity contribution in [1.82, 2.24) is 16.0 Å². The van der Waals surface area contributed by atoms with E-state index in [1.807, 2.05) is 20.8 Å². The van der Waals surface area contributed by atoms with E-state index >= 15 is 0 Å². The number of hydrogen-bond donors (Lipinski definition) is 3. The summed E-state index contributed by atoms with van der Waals surface area (Å²) in [6, 6.07) is -0.477. The molecule has 0 aromatic heterocycles. The predicted octanol–water partition coefficient (Wildman–Crippen LogP) is 0.0153. The molecule has 0 radical (unpaired) electrons. The molecular formula is C12H23N3O2. The van der Waals surface area contributed by atoms with Crippen molar-refractivity contribution in [3.8, 4) is 0 Å². The average molecular weight is 241 g/mol. The number of hydrogen-bond acceptors (Lipinski definition) is 3. The Labute approximate surface area is 103 Å². The summed E-state index contributed by atoms with van der Waals surface area (Å²) in [5.74, 6) is 0.235. The monoisotopic (exact) mass is 241 g/mol. The van der Waals surface area contributed by atoms with Crippen molar-refractivity contribution in [3.05, 3.63) is 0 Å². The largest absolute Gasteiger partial charge is 0.350 e. The SMILES string of the molecule is CC(NC(=O)CC1CNC1)C(=O)NC(C)(C)C. The highest BCUT2D eigenvalue weighted by Crippen LogP contribution is 2.07.